The van der Waals surface area contributed by atoms with Crippen LogP contribution in [0.2, 0.25) is 0 Å². The molecule has 3 nitrogen and oxygen atoms in total. The van der Waals surface area contributed by atoms with Crippen LogP contribution >= 0.6 is 0 Å². The summed E-state index contributed by atoms with van der Waals surface area (Å²) in [6, 6.07) is 9.60. The van der Waals surface area contributed by atoms with E-state index in [0.29, 0.717) is 5.92 Å². The fourth-order valence-corrected chi connectivity index (χ4v) is 2.79. The van der Waals surface area contributed by atoms with Gasteiger partial charge in [0.25, 0.3) is 0 Å². The fourth-order valence-electron chi connectivity index (χ4n) is 2.79. The van der Waals surface area contributed by atoms with Gasteiger partial charge in [0.1, 0.15) is 0 Å². The first-order chi connectivity index (χ1) is 8.33. The summed E-state index contributed by atoms with van der Waals surface area (Å²) in [4.78, 5) is 15.7. The molecule has 1 N–H and O–H groups in total. The average molecular weight is 234 g/mol. The Bertz CT molecular complexity index is 355. The highest BCUT2D eigenvalue weighted by Crippen LogP contribution is 2.36. The second kappa shape index (κ2) is 5.82. The van der Waals surface area contributed by atoms with Crippen molar-refractivity contribution < 1.29 is 14.9 Å². The van der Waals surface area contributed by atoms with Crippen LogP contribution in [0.4, 0.5) is 0 Å². The molecule has 92 valence electrons. The van der Waals surface area contributed by atoms with Crippen molar-refractivity contribution in [1.29, 1.82) is 0 Å². The molecule has 1 fully saturated rings. The van der Waals surface area contributed by atoms with Crippen molar-refractivity contribution in [2.45, 2.75) is 38.0 Å². The van der Waals surface area contributed by atoms with E-state index in [1.807, 2.05) is 30.3 Å². The number of benzene rings is 1. The van der Waals surface area contributed by atoms with Crippen molar-refractivity contribution in [3.05, 3.63) is 35.9 Å². The summed E-state index contributed by atoms with van der Waals surface area (Å²) >= 11 is 0. The van der Waals surface area contributed by atoms with Crippen LogP contribution in [0.25, 0.3) is 0 Å². The Morgan fingerprint density at radius 3 is 2.41 bits per heavy atom. The van der Waals surface area contributed by atoms with E-state index in [4.69, 9.17) is 5.26 Å². The topological polar surface area (TPSA) is 46.5 Å². The summed E-state index contributed by atoms with van der Waals surface area (Å²) in [6.07, 6.45) is 5.63. The second-order valence-electron chi connectivity index (χ2n) is 4.70. The second-order valence-corrected chi connectivity index (χ2v) is 4.70. The number of rotatable bonds is 3. The standard InChI is InChI=1S/C14H18O3/c15-14(17-16)13(11-7-3-1-4-8-11)12-9-5-2-6-10-12/h1,3-4,7-8,12-13,16H,2,5-6,9-10H2. The van der Waals surface area contributed by atoms with Gasteiger partial charge < -0.3 is 4.89 Å². The maximum atomic E-state index is 11.7. The minimum atomic E-state index is -0.525. The Labute approximate surface area is 101 Å². The Balaban J connectivity index is 2.21. The first-order valence-electron chi connectivity index (χ1n) is 6.23. The van der Waals surface area contributed by atoms with Gasteiger partial charge in [-0.15, -0.1) is 0 Å². The Morgan fingerprint density at radius 1 is 1.18 bits per heavy atom. The van der Waals surface area contributed by atoms with E-state index < -0.39 is 5.97 Å². The lowest BCUT2D eigenvalue weighted by atomic mass is 9.77. The summed E-state index contributed by atoms with van der Waals surface area (Å²) in [5.41, 5.74) is 0.943. The molecule has 1 aromatic rings. The van der Waals surface area contributed by atoms with Crippen LogP contribution in [0.15, 0.2) is 30.3 Å². The summed E-state index contributed by atoms with van der Waals surface area (Å²) in [6.45, 7) is 0. The Kier molecular flexibility index (Phi) is 4.15. The van der Waals surface area contributed by atoms with E-state index in [1.165, 1.54) is 6.42 Å². The highest BCUT2D eigenvalue weighted by Gasteiger charge is 2.32. The van der Waals surface area contributed by atoms with Crippen molar-refractivity contribution in [3.8, 4) is 0 Å². The Hall–Kier alpha value is -1.35. The molecular weight excluding hydrogens is 216 g/mol. The number of hydrogen-bond donors (Lipinski definition) is 1. The SMILES string of the molecule is O=C(OO)C(c1ccccc1)C1CCCCC1. The number of carbonyl (C=O) groups is 1. The first-order valence-corrected chi connectivity index (χ1v) is 6.23. The molecule has 0 aromatic heterocycles. The third-order valence-electron chi connectivity index (χ3n) is 3.62. The molecule has 1 saturated carbocycles. The van der Waals surface area contributed by atoms with Crippen molar-refractivity contribution >= 4 is 5.97 Å². The Morgan fingerprint density at radius 2 is 1.82 bits per heavy atom. The minimum absolute atomic E-state index is 0.297. The van der Waals surface area contributed by atoms with Gasteiger partial charge in [-0.25, -0.2) is 4.79 Å². The highest BCUT2D eigenvalue weighted by atomic mass is 17.1. The molecule has 0 amide bonds. The van der Waals surface area contributed by atoms with Gasteiger partial charge in [0.2, 0.25) is 0 Å². The maximum absolute atomic E-state index is 11.7. The normalized spacial score (nSPS) is 18.6. The zero-order chi connectivity index (χ0) is 12.1. The van der Waals surface area contributed by atoms with E-state index >= 15 is 0 Å². The van der Waals surface area contributed by atoms with Crippen LogP contribution in [0.3, 0.4) is 0 Å². The van der Waals surface area contributed by atoms with Crippen molar-refractivity contribution in [2.75, 3.05) is 0 Å². The maximum Gasteiger partial charge on any atom is 0.349 e. The van der Waals surface area contributed by atoms with Gasteiger partial charge >= 0.3 is 5.97 Å². The molecule has 0 bridgehead atoms. The molecule has 0 radical (unpaired) electrons. The van der Waals surface area contributed by atoms with E-state index in [0.717, 1.165) is 31.2 Å². The van der Waals surface area contributed by atoms with Gasteiger partial charge in [0.05, 0.1) is 5.92 Å². The molecule has 1 aliphatic carbocycles. The molecule has 0 saturated heterocycles. The minimum Gasteiger partial charge on any atom is -0.300 e. The van der Waals surface area contributed by atoms with Gasteiger partial charge in [0, 0.05) is 0 Å². The third-order valence-corrected chi connectivity index (χ3v) is 3.62. The van der Waals surface area contributed by atoms with E-state index in [1.54, 1.807) is 0 Å². The van der Waals surface area contributed by atoms with Crippen LogP contribution in [0, 0.1) is 5.92 Å². The molecule has 17 heavy (non-hydrogen) atoms. The lowest BCUT2D eigenvalue weighted by molar-refractivity contribution is -0.237. The van der Waals surface area contributed by atoms with E-state index in [-0.39, 0.29) is 5.92 Å². The first kappa shape index (κ1) is 12.1. The van der Waals surface area contributed by atoms with Gasteiger partial charge in [-0.05, 0) is 24.3 Å². The van der Waals surface area contributed by atoms with E-state index in [9.17, 15) is 4.79 Å². The number of hydrogen-bond acceptors (Lipinski definition) is 3. The molecule has 2 rings (SSSR count). The molecule has 1 aliphatic rings. The molecule has 1 unspecified atom stereocenters. The summed E-state index contributed by atoms with van der Waals surface area (Å²) in [5, 5.41) is 8.65. The zero-order valence-electron chi connectivity index (χ0n) is 9.84. The number of carbonyl (C=O) groups excluding carboxylic acids is 1. The lowest BCUT2D eigenvalue weighted by Crippen LogP contribution is -2.25. The predicted octanol–water partition coefficient (Wildman–Crippen LogP) is 3.37. The molecule has 1 aromatic carbocycles. The van der Waals surface area contributed by atoms with Gasteiger partial charge in [-0.2, -0.15) is 5.26 Å². The van der Waals surface area contributed by atoms with Crippen LogP contribution in [-0.4, -0.2) is 11.2 Å². The molecule has 0 aliphatic heterocycles. The molecule has 1 atom stereocenters. The molecular formula is C14H18O3. The monoisotopic (exact) mass is 234 g/mol. The van der Waals surface area contributed by atoms with E-state index in [2.05, 4.69) is 4.89 Å². The van der Waals surface area contributed by atoms with Gasteiger partial charge in [-0.3, -0.25) is 0 Å². The van der Waals surface area contributed by atoms with Crippen molar-refractivity contribution in [3.63, 3.8) is 0 Å². The molecule has 3 heteroatoms. The van der Waals surface area contributed by atoms with Crippen molar-refractivity contribution in [1.82, 2.24) is 0 Å². The van der Waals surface area contributed by atoms with Crippen molar-refractivity contribution in [2.24, 2.45) is 5.92 Å². The largest absolute Gasteiger partial charge is 0.349 e. The third kappa shape index (κ3) is 2.86. The zero-order valence-corrected chi connectivity index (χ0v) is 9.84. The van der Waals surface area contributed by atoms with Crippen LogP contribution in [0.1, 0.15) is 43.6 Å². The fraction of sp³-hybridized carbons (Fsp3) is 0.500. The van der Waals surface area contributed by atoms with Gasteiger partial charge in [0.15, 0.2) is 0 Å². The van der Waals surface area contributed by atoms with Gasteiger partial charge in [-0.1, -0.05) is 49.6 Å². The summed E-state index contributed by atoms with van der Waals surface area (Å²) < 4.78 is 0. The van der Waals surface area contributed by atoms with Crippen LogP contribution in [0.5, 0.6) is 0 Å². The summed E-state index contributed by atoms with van der Waals surface area (Å²) in [7, 11) is 0. The molecule has 0 spiro atoms. The quantitative estimate of drug-likeness (QED) is 0.644. The summed E-state index contributed by atoms with van der Waals surface area (Å²) in [5.74, 6) is -0.546. The predicted molar refractivity (Wildman–Crippen MR) is 64.5 cm³/mol. The average Bonchev–Trinajstić information content (AvgIpc) is 2.41. The lowest BCUT2D eigenvalue weighted by Gasteiger charge is -2.28. The van der Waals surface area contributed by atoms with Crippen LogP contribution in [-0.2, 0) is 9.68 Å². The smallest absolute Gasteiger partial charge is 0.300 e. The van der Waals surface area contributed by atoms with Crippen LogP contribution < -0.4 is 0 Å². The molecule has 0 heterocycles. The highest BCUT2D eigenvalue weighted by molar-refractivity contribution is 5.78.